The number of Topliss-reactive ketones (excluding diaryl/α,β-unsaturated/α-hetero) is 4. The van der Waals surface area contributed by atoms with E-state index in [1.165, 1.54) is 0 Å². The molecule has 3 rings (SSSR count). The summed E-state index contributed by atoms with van der Waals surface area (Å²) in [5.74, 6) is -1.25. The van der Waals surface area contributed by atoms with E-state index in [4.69, 9.17) is 37.9 Å². The molecule has 3 heterocycles. The molecule has 3 aliphatic rings. The monoisotopic (exact) mass is 1280 g/mol. The van der Waals surface area contributed by atoms with Gasteiger partial charge in [-0.15, -0.1) is 0 Å². The lowest BCUT2D eigenvalue weighted by molar-refractivity contribution is -0.282. The Kier molecular flexibility index (Phi) is 41.5. The molecular weight excluding hydrogens is 1160 g/mol. The van der Waals surface area contributed by atoms with Gasteiger partial charge in [-0.1, -0.05) is 47.0 Å². The molecule has 0 spiro atoms. The van der Waals surface area contributed by atoms with E-state index in [0.717, 1.165) is 19.3 Å². The molecule has 0 saturated carbocycles. The number of hydrogen-bond donors (Lipinski definition) is 11. The Morgan fingerprint density at radius 3 is 1.03 bits per heavy atom. The second-order valence-corrected chi connectivity index (χ2v) is 25.1. The Morgan fingerprint density at radius 1 is 0.371 bits per heavy atom. The lowest BCUT2D eigenvalue weighted by Crippen LogP contribution is -2.55. The third-order valence-corrected chi connectivity index (χ3v) is 17.1. The molecular formula is C64H114N2O23. The summed E-state index contributed by atoms with van der Waals surface area (Å²) >= 11 is 0. The first-order chi connectivity index (χ1) is 42.6. The first-order valence-electron chi connectivity index (χ1n) is 33.1. The van der Waals surface area contributed by atoms with E-state index in [1.54, 1.807) is 20.8 Å². The van der Waals surface area contributed by atoms with Gasteiger partial charge in [0.1, 0.15) is 59.8 Å². The van der Waals surface area contributed by atoms with Gasteiger partial charge in [0.2, 0.25) is 11.8 Å². The van der Waals surface area contributed by atoms with Gasteiger partial charge in [0, 0.05) is 120 Å². The summed E-state index contributed by atoms with van der Waals surface area (Å²) in [7, 11) is 0. The van der Waals surface area contributed by atoms with Crippen LogP contribution in [0.5, 0.6) is 0 Å². The Labute approximate surface area is 527 Å². The minimum atomic E-state index is -1.20. The van der Waals surface area contributed by atoms with Crippen molar-refractivity contribution in [1.29, 1.82) is 0 Å². The number of nitrogens with one attached hydrogen (secondary N) is 2. The number of aliphatic hydroxyl groups is 9. The number of aliphatic hydroxyl groups excluding tert-OH is 9. The van der Waals surface area contributed by atoms with Crippen molar-refractivity contribution in [3.05, 3.63) is 0 Å². The maximum absolute atomic E-state index is 12.9. The van der Waals surface area contributed by atoms with Crippen molar-refractivity contribution in [2.75, 3.05) is 79.2 Å². The van der Waals surface area contributed by atoms with Crippen molar-refractivity contribution in [1.82, 2.24) is 10.6 Å². The number of hydrogen-bond acceptors (Lipinski definition) is 23. The second kappa shape index (κ2) is 46.1. The minimum absolute atomic E-state index is 0.0719. The number of unbranched alkanes of at least 4 members (excludes halogenated alkanes) is 8. The predicted molar refractivity (Wildman–Crippen MR) is 324 cm³/mol. The van der Waals surface area contributed by atoms with Gasteiger partial charge >= 0.3 is 0 Å². The van der Waals surface area contributed by atoms with Crippen molar-refractivity contribution < 1.29 is 113 Å². The number of ketones is 4. The highest BCUT2D eigenvalue weighted by Gasteiger charge is 2.44. The highest BCUT2D eigenvalue weighted by Crippen LogP contribution is 2.31. The van der Waals surface area contributed by atoms with Gasteiger partial charge in [-0.05, 0) is 83.5 Å². The van der Waals surface area contributed by atoms with Crippen LogP contribution < -0.4 is 10.6 Å². The standard InChI is InChI=1S/C64H114N2O23/c1-43-55(76)58(79)50(38-67)87-61(43)84-33-16-12-25-47(71)21-8-5-7-20-46(70)24-11-15-30-64(4,41-82-36-28-49(73)23-10-6-9-22-48(72)26-13-17-34-85-62-44(2)56(77)59(80)51(39-68)88-62)42-83-37-29-54(75)66-32-19-31-65-53(74)27-14-18-35-86-63-45(3)57(78)60(81)52(40-69)89-63/h43-45,50-52,55-63,67-69,76-81H,5-42H2,1-4H3,(H,65,74)(H,66,75). The molecule has 11 N–H and O–H groups in total. The van der Waals surface area contributed by atoms with Gasteiger partial charge in [0.15, 0.2) is 18.9 Å². The molecule has 25 nitrogen and oxygen atoms in total. The maximum Gasteiger partial charge on any atom is 0.222 e. The van der Waals surface area contributed by atoms with Crippen LogP contribution in [0.1, 0.15) is 195 Å². The van der Waals surface area contributed by atoms with Gasteiger partial charge in [-0.25, -0.2) is 0 Å². The molecule has 0 bridgehead atoms. The summed E-state index contributed by atoms with van der Waals surface area (Å²) in [4.78, 5) is 75.7. The molecule has 16 unspecified atom stereocenters. The SMILES string of the molecule is CC1C(OCCCCC(=O)CCCCCC(=O)CCCCC(C)(COCCC(=O)CCCCCC(=O)CCCCOC2OC(CO)C(O)C(O)C2C)COCCC(=O)NCCCNC(=O)CCCCOC2OC(CO)C(O)C(O)C2C)OC(CO)C(O)C1O. The van der Waals surface area contributed by atoms with Crippen LogP contribution >= 0.6 is 0 Å². The van der Waals surface area contributed by atoms with Gasteiger partial charge in [0.25, 0.3) is 0 Å². The number of ether oxygens (including phenoxy) is 8. The molecule has 0 aromatic rings. The molecule has 3 aliphatic heterocycles. The summed E-state index contributed by atoms with van der Waals surface area (Å²) in [6.07, 6.45) is 2.16. The number of amides is 2. The Bertz CT molecular complexity index is 1750. The Balaban J connectivity index is 1.29. The summed E-state index contributed by atoms with van der Waals surface area (Å²) in [6.45, 7) is 8.42. The van der Waals surface area contributed by atoms with Crippen molar-refractivity contribution in [2.45, 2.75) is 268 Å². The number of rotatable bonds is 52. The normalized spacial score (nSPS) is 27.9. The average molecular weight is 1280 g/mol. The fraction of sp³-hybridized carbons (Fsp3) is 0.906. The van der Waals surface area contributed by atoms with Crippen molar-refractivity contribution in [3.63, 3.8) is 0 Å². The highest BCUT2D eigenvalue weighted by molar-refractivity contribution is 5.80. The van der Waals surface area contributed by atoms with Gasteiger partial charge in [-0.2, -0.15) is 0 Å². The van der Waals surface area contributed by atoms with E-state index in [2.05, 4.69) is 10.6 Å². The lowest BCUT2D eigenvalue weighted by atomic mass is 9.86. The maximum atomic E-state index is 12.9. The molecule has 16 atom stereocenters. The molecule has 0 aromatic heterocycles. The summed E-state index contributed by atoms with van der Waals surface area (Å²) in [5, 5.41) is 94.7. The fourth-order valence-electron chi connectivity index (χ4n) is 11.0. The van der Waals surface area contributed by atoms with Crippen LogP contribution in [0.3, 0.4) is 0 Å². The minimum Gasteiger partial charge on any atom is -0.394 e. The zero-order valence-corrected chi connectivity index (χ0v) is 53.8. The number of carbonyl (C=O) groups is 6. The van der Waals surface area contributed by atoms with Crippen LogP contribution in [0.15, 0.2) is 0 Å². The van der Waals surface area contributed by atoms with Crippen LogP contribution in [0.25, 0.3) is 0 Å². The quantitative estimate of drug-likeness (QED) is 0.0390. The van der Waals surface area contributed by atoms with E-state index in [0.29, 0.717) is 168 Å². The molecule has 25 heteroatoms. The summed E-state index contributed by atoms with van der Waals surface area (Å²) in [5.41, 5.74) is -0.464. The van der Waals surface area contributed by atoms with Crippen molar-refractivity contribution in [2.24, 2.45) is 23.2 Å². The van der Waals surface area contributed by atoms with Gasteiger partial charge < -0.3 is 94.5 Å². The molecule has 89 heavy (non-hydrogen) atoms. The van der Waals surface area contributed by atoms with E-state index in [-0.39, 0.29) is 74.0 Å². The van der Waals surface area contributed by atoms with Crippen molar-refractivity contribution in [3.8, 4) is 0 Å². The average Bonchev–Trinajstić information content (AvgIpc) is 3.38. The third kappa shape index (κ3) is 32.1. The van der Waals surface area contributed by atoms with E-state index in [1.807, 2.05) is 6.92 Å². The molecule has 518 valence electrons. The smallest absolute Gasteiger partial charge is 0.222 e. The van der Waals surface area contributed by atoms with Crippen molar-refractivity contribution >= 4 is 34.9 Å². The Morgan fingerprint density at radius 2 is 0.674 bits per heavy atom. The third-order valence-electron chi connectivity index (χ3n) is 17.1. The molecule has 2 amide bonds. The van der Waals surface area contributed by atoms with Crippen LogP contribution in [0, 0.1) is 23.2 Å². The Hall–Kier alpha value is -3.06. The molecule has 3 saturated heterocycles. The zero-order chi connectivity index (χ0) is 65.6. The van der Waals surface area contributed by atoms with Crippen LogP contribution in [-0.2, 0) is 66.7 Å². The summed E-state index contributed by atoms with van der Waals surface area (Å²) < 4.78 is 46.0. The first-order valence-corrected chi connectivity index (χ1v) is 33.1. The van der Waals surface area contributed by atoms with E-state index in [9.17, 15) is 74.7 Å². The van der Waals surface area contributed by atoms with Crippen LogP contribution in [0.4, 0.5) is 0 Å². The molecule has 0 aromatic carbocycles. The summed E-state index contributed by atoms with van der Waals surface area (Å²) in [6, 6.07) is 0. The van der Waals surface area contributed by atoms with Gasteiger partial charge in [0.05, 0.1) is 64.6 Å². The fourth-order valence-corrected chi connectivity index (χ4v) is 11.0. The second-order valence-electron chi connectivity index (χ2n) is 25.1. The first kappa shape index (κ1) is 80.2. The lowest BCUT2D eigenvalue weighted by Gasteiger charge is -2.40. The van der Waals surface area contributed by atoms with Crippen LogP contribution in [0.2, 0.25) is 0 Å². The molecule has 0 aliphatic carbocycles. The predicted octanol–water partition coefficient (Wildman–Crippen LogP) is 2.95. The van der Waals surface area contributed by atoms with E-state index < -0.39 is 117 Å². The van der Waals surface area contributed by atoms with Gasteiger partial charge in [-0.3, -0.25) is 28.8 Å². The number of carbonyl (C=O) groups excluding carboxylic acids is 6. The topological polar surface area (TPSA) is 382 Å². The largest absolute Gasteiger partial charge is 0.394 e. The van der Waals surface area contributed by atoms with E-state index >= 15 is 0 Å². The highest BCUT2D eigenvalue weighted by atomic mass is 16.7. The molecule has 3 fully saturated rings. The molecule has 0 radical (unpaired) electrons. The van der Waals surface area contributed by atoms with Crippen LogP contribution in [-0.4, -0.2) is 234 Å². The zero-order valence-electron chi connectivity index (χ0n) is 53.8.